The van der Waals surface area contributed by atoms with Crippen molar-refractivity contribution in [3.63, 3.8) is 0 Å². The van der Waals surface area contributed by atoms with Crippen molar-refractivity contribution in [1.82, 2.24) is 9.55 Å². The van der Waals surface area contributed by atoms with Gasteiger partial charge in [-0.05, 0) is 32.0 Å². The normalized spacial score (nSPS) is 11.9. The molecule has 0 aliphatic heterocycles. The van der Waals surface area contributed by atoms with E-state index in [0.717, 1.165) is 0 Å². The molecule has 0 atom stereocenters. The van der Waals surface area contributed by atoms with Gasteiger partial charge in [0, 0.05) is 24.1 Å². The summed E-state index contributed by atoms with van der Waals surface area (Å²) in [5.41, 5.74) is 6.57. The van der Waals surface area contributed by atoms with Gasteiger partial charge in [0.1, 0.15) is 0 Å². The molecule has 20 heavy (non-hydrogen) atoms. The monoisotopic (exact) mass is 311 g/mol. The van der Waals surface area contributed by atoms with E-state index in [0.29, 0.717) is 21.7 Å². The summed E-state index contributed by atoms with van der Waals surface area (Å²) in [5, 5.41) is 3.89. The average molecular weight is 312 g/mol. The van der Waals surface area contributed by atoms with Gasteiger partial charge in [-0.2, -0.15) is 4.99 Å². The van der Waals surface area contributed by atoms with Gasteiger partial charge in [0.2, 0.25) is 11.9 Å². The average Bonchev–Trinajstić information content (AvgIpc) is 2.82. The van der Waals surface area contributed by atoms with Crippen LogP contribution >= 0.6 is 23.2 Å². The second-order valence-electron chi connectivity index (χ2n) is 4.48. The fourth-order valence-corrected chi connectivity index (χ4v) is 1.95. The van der Waals surface area contributed by atoms with Crippen LogP contribution in [-0.4, -0.2) is 15.5 Å². The fraction of sp³-hybridized carbons (Fsp3) is 0.231. The summed E-state index contributed by atoms with van der Waals surface area (Å²) in [4.78, 5) is 8.41. The van der Waals surface area contributed by atoms with Crippen molar-refractivity contribution in [3.8, 4) is 0 Å². The molecule has 1 aromatic carbocycles. The van der Waals surface area contributed by atoms with Crippen LogP contribution in [-0.2, 0) is 0 Å². The first kappa shape index (κ1) is 14.7. The summed E-state index contributed by atoms with van der Waals surface area (Å²) in [6.45, 7) is 4.09. The maximum atomic E-state index is 5.94. The minimum Gasteiger partial charge on any atom is -0.369 e. The van der Waals surface area contributed by atoms with E-state index in [1.807, 2.05) is 24.6 Å². The van der Waals surface area contributed by atoms with Crippen molar-refractivity contribution in [2.24, 2.45) is 10.7 Å². The van der Waals surface area contributed by atoms with Crippen LogP contribution in [0.2, 0.25) is 10.0 Å². The Morgan fingerprint density at radius 3 is 2.75 bits per heavy atom. The Hall–Kier alpha value is -1.72. The Balaban J connectivity index is 2.18. The van der Waals surface area contributed by atoms with E-state index in [-0.39, 0.29) is 12.0 Å². The summed E-state index contributed by atoms with van der Waals surface area (Å²) in [5.74, 6) is 0.779. The van der Waals surface area contributed by atoms with E-state index in [1.54, 1.807) is 24.4 Å². The van der Waals surface area contributed by atoms with Gasteiger partial charge in [0.25, 0.3) is 0 Å². The van der Waals surface area contributed by atoms with E-state index in [9.17, 15) is 0 Å². The number of aromatic nitrogens is 2. The molecule has 2 rings (SSSR count). The highest BCUT2D eigenvalue weighted by molar-refractivity contribution is 6.42. The molecular weight excluding hydrogens is 297 g/mol. The molecule has 0 amide bonds. The van der Waals surface area contributed by atoms with Crippen molar-refractivity contribution in [1.29, 1.82) is 0 Å². The van der Waals surface area contributed by atoms with E-state index >= 15 is 0 Å². The molecule has 3 N–H and O–H groups in total. The third-order valence-corrected chi connectivity index (χ3v) is 3.36. The first-order valence-corrected chi connectivity index (χ1v) is 6.82. The number of hydrogen-bond donors (Lipinski definition) is 2. The van der Waals surface area contributed by atoms with Crippen LogP contribution in [0.5, 0.6) is 0 Å². The molecule has 0 aliphatic carbocycles. The number of nitrogens with zero attached hydrogens (tertiary/aromatic N) is 3. The first-order valence-electron chi connectivity index (χ1n) is 6.06. The van der Waals surface area contributed by atoms with Gasteiger partial charge in [-0.1, -0.05) is 23.2 Å². The molecule has 0 saturated carbocycles. The lowest BCUT2D eigenvalue weighted by molar-refractivity contribution is 0.604. The number of nitrogens with one attached hydrogen (secondary N) is 1. The lowest BCUT2D eigenvalue weighted by Gasteiger charge is -2.10. The second-order valence-corrected chi connectivity index (χ2v) is 5.29. The topological polar surface area (TPSA) is 68.2 Å². The predicted octanol–water partition coefficient (Wildman–Crippen LogP) is 3.83. The number of halogens is 2. The van der Waals surface area contributed by atoms with Crippen LogP contribution in [0.15, 0.2) is 35.6 Å². The SMILES string of the molecule is CC(C)n1ccnc1/N=C(\N)Nc1ccc(Cl)c(Cl)c1. The maximum absolute atomic E-state index is 5.94. The Labute approximate surface area is 127 Å². The van der Waals surface area contributed by atoms with E-state index in [2.05, 4.69) is 15.3 Å². The van der Waals surface area contributed by atoms with Crippen molar-refractivity contribution < 1.29 is 0 Å². The van der Waals surface area contributed by atoms with Crippen LogP contribution in [0.4, 0.5) is 11.6 Å². The summed E-state index contributed by atoms with van der Waals surface area (Å²) in [7, 11) is 0. The van der Waals surface area contributed by atoms with Crippen molar-refractivity contribution in [3.05, 3.63) is 40.6 Å². The molecular formula is C13H15Cl2N5. The van der Waals surface area contributed by atoms with Crippen molar-refractivity contribution >= 4 is 40.8 Å². The fourth-order valence-electron chi connectivity index (χ4n) is 1.65. The highest BCUT2D eigenvalue weighted by Gasteiger charge is 2.06. The van der Waals surface area contributed by atoms with Gasteiger partial charge in [0.05, 0.1) is 10.0 Å². The highest BCUT2D eigenvalue weighted by Crippen LogP contribution is 2.25. The summed E-state index contributed by atoms with van der Waals surface area (Å²) >= 11 is 11.8. The van der Waals surface area contributed by atoms with Crippen LogP contribution in [0.25, 0.3) is 0 Å². The lowest BCUT2D eigenvalue weighted by atomic mass is 10.3. The van der Waals surface area contributed by atoms with E-state index in [4.69, 9.17) is 28.9 Å². The Kier molecular flexibility index (Phi) is 4.52. The zero-order chi connectivity index (χ0) is 14.7. The largest absolute Gasteiger partial charge is 0.369 e. The number of guanidine groups is 1. The number of aliphatic imine (C=N–C) groups is 1. The lowest BCUT2D eigenvalue weighted by Crippen LogP contribution is -2.22. The first-order chi connectivity index (χ1) is 9.47. The molecule has 0 aliphatic rings. The van der Waals surface area contributed by atoms with Gasteiger partial charge in [-0.25, -0.2) is 4.98 Å². The minimum atomic E-state index is 0.233. The molecule has 1 heterocycles. The van der Waals surface area contributed by atoms with E-state index in [1.165, 1.54) is 0 Å². The standard InChI is InChI=1S/C13H15Cl2N5/c1-8(2)20-6-5-17-13(20)19-12(16)18-9-3-4-10(14)11(15)7-9/h3-8H,1-2H3,(H3,16,17,18,19). The third kappa shape index (κ3) is 3.43. The number of benzene rings is 1. The van der Waals surface area contributed by atoms with Gasteiger partial charge in [0.15, 0.2) is 0 Å². The smallest absolute Gasteiger partial charge is 0.232 e. The quantitative estimate of drug-likeness (QED) is 0.668. The highest BCUT2D eigenvalue weighted by atomic mass is 35.5. The summed E-state index contributed by atoms with van der Waals surface area (Å²) < 4.78 is 1.92. The molecule has 5 nitrogen and oxygen atoms in total. The molecule has 0 bridgehead atoms. The van der Waals surface area contributed by atoms with Crippen LogP contribution in [0.3, 0.4) is 0 Å². The van der Waals surface area contributed by atoms with E-state index < -0.39 is 0 Å². The molecule has 106 valence electrons. The number of hydrogen-bond acceptors (Lipinski definition) is 2. The predicted molar refractivity (Wildman–Crippen MR) is 84.0 cm³/mol. The number of imidazole rings is 1. The summed E-state index contributed by atoms with van der Waals surface area (Å²) in [6.07, 6.45) is 3.54. The van der Waals surface area contributed by atoms with Crippen molar-refractivity contribution in [2.45, 2.75) is 19.9 Å². The Bertz CT molecular complexity index is 633. The van der Waals surface area contributed by atoms with Crippen LogP contribution in [0.1, 0.15) is 19.9 Å². The number of rotatable bonds is 3. The molecule has 2 aromatic rings. The van der Waals surface area contributed by atoms with Crippen LogP contribution in [0, 0.1) is 0 Å². The molecule has 0 unspecified atom stereocenters. The minimum absolute atomic E-state index is 0.233. The molecule has 0 saturated heterocycles. The molecule has 7 heteroatoms. The van der Waals surface area contributed by atoms with Gasteiger partial charge in [-0.15, -0.1) is 0 Å². The number of anilines is 1. The zero-order valence-electron chi connectivity index (χ0n) is 11.1. The second kappa shape index (κ2) is 6.15. The Morgan fingerprint density at radius 1 is 1.35 bits per heavy atom. The zero-order valence-corrected chi connectivity index (χ0v) is 12.7. The molecule has 0 fully saturated rings. The van der Waals surface area contributed by atoms with Crippen LogP contribution < -0.4 is 11.1 Å². The Morgan fingerprint density at radius 2 is 2.10 bits per heavy atom. The molecule has 0 spiro atoms. The number of nitrogens with two attached hydrogens (primary N) is 1. The molecule has 1 aromatic heterocycles. The van der Waals surface area contributed by atoms with Gasteiger partial charge in [-0.3, -0.25) is 0 Å². The van der Waals surface area contributed by atoms with Gasteiger partial charge < -0.3 is 15.6 Å². The third-order valence-electron chi connectivity index (χ3n) is 2.62. The molecule has 0 radical (unpaired) electrons. The summed E-state index contributed by atoms with van der Waals surface area (Å²) in [6, 6.07) is 5.40. The van der Waals surface area contributed by atoms with Gasteiger partial charge >= 0.3 is 0 Å². The maximum Gasteiger partial charge on any atom is 0.232 e. The van der Waals surface area contributed by atoms with Crippen molar-refractivity contribution in [2.75, 3.05) is 5.32 Å².